The minimum atomic E-state index is 0.107. The van der Waals surface area contributed by atoms with Crippen LogP contribution in [-0.2, 0) is 0 Å². The molecule has 152 valence electrons. The van der Waals surface area contributed by atoms with E-state index in [9.17, 15) is 0 Å². The standard InChI is InChI=1S/C24H26N6/c1-17(2)11-13-25-20-9-10-22-21(15-20)27-16-30(22)23-12-14-26-24(29-23)28-18(3)19-7-5-4-6-8-19/h4-12,14-16,18,25H,13H2,1-3H3,(H,26,28,29). The Kier molecular flexibility index (Phi) is 5.75. The van der Waals surface area contributed by atoms with Crippen molar-refractivity contribution in [3.63, 3.8) is 0 Å². The van der Waals surface area contributed by atoms with Crippen molar-refractivity contribution in [3.05, 3.63) is 84.3 Å². The van der Waals surface area contributed by atoms with Crippen LogP contribution in [0.5, 0.6) is 0 Å². The first-order valence-corrected chi connectivity index (χ1v) is 10.1. The predicted molar refractivity (Wildman–Crippen MR) is 123 cm³/mol. The van der Waals surface area contributed by atoms with Gasteiger partial charge in [-0.2, -0.15) is 4.98 Å². The molecule has 2 N–H and O–H groups in total. The lowest BCUT2D eigenvalue weighted by Gasteiger charge is -2.14. The number of allylic oxidation sites excluding steroid dienone is 1. The first-order valence-electron chi connectivity index (χ1n) is 10.1. The highest BCUT2D eigenvalue weighted by atomic mass is 15.2. The Bertz CT molecular complexity index is 1160. The predicted octanol–water partition coefficient (Wildman–Crippen LogP) is 5.37. The molecule has 2 aromatic heterocycles. The van der Waals surface area contributed by atoms with Gasteiger partial charge in [0.2, 0.25) is 5.95 Å². The summed E-state index contributed by atoms with van der Waals surface area (Å²) in [5, 5.41) is 6.78. The van der Waals surface area contributed by atoms with Gasteiger partial charge in [0.05, 0.1) is 17.1 Å². The second-order valence-corrected chi connectivity index (χ2v) is 7.50. The summed E-state index contributed by atoms with van der Waals surface area (Å²) in [6.07, 6.45) is 5.73. The third-order valence-corrected chi connectivity index (χ3v) is 4.90. The van der Waals surface area contributed by atoms with Gasteiger partial charge in [-0.15, -0.1) is 0 Å². The number of imidazole rings is 1. The van der Waals surface area contributed by atoms with Gasteiger partial charge in [-0.1, -0.05) is 42.0 Å². The molecular formula is C24H26N6. The highest BCUT2D eigenvalue weighted by Crippen LogP contribution is 2.22. The second kappa shape index (κ2) is 8.78. The van der Waals surface area contributed by atoms with E-state index in [0.717, 1.165) is 29.1 Å². The molecule has 4 aromatic rings. The van der Waals surface area contributed by atoms with Crippen LogP contribution < -0.4 is 10.6 Å². The Morgan fingerprint density at radius 1 is 1.07 bits per heavy atom. The average molecular weight is 399 g/mol. The SMILES string of the molecule is CC(C)=CCNc1ccc2c(c1)ncn2-c1ccnc(NC(C)c2ccccc2)n1. The van der Waals surface area contributed by atoms with E-state index in [1.165, 1.54) is 11.1 Å². The van der Waals surface area contributed by atoms with Gasteiger partial charge >= 0.3 is 0 Å². The fourth-order valence-electron chi connectivity index (χ4n) is 3.25. The Morgan fingerprint density at radius 2 is 1.90 bits per heavy atom. The van der Waals surface area contributed by atoms with E-state index in [0.29, 0.717) is 5.95 Å². The quantitative estimate of drug-likeness (QED) is 0.410. The molecule has 2 heterocycles. The van der Waals surface area contributed by atoms with Gasteiger partial charge in [0.1, 0.15) is 12.1 Å². The fourth-order valence-corrected chi connectivity index (χ4v) is 3.25. The van der Waals surface area contributed by atoms with Crippen LogP contribution in [0, 0.1) is 0 Å². The van der Waals surface area contributed by atoms with Crippen molar-refractivity contribution in [1.29, 1.82) is 0 Å². The maximum Gasteiger partial charge on any atom is 0.225 e. The number of nitrogens with one attached hydrogen (secondary N) is 2. The molecule has 4 rings (SSSR count). The van der Waals surface area contributed by atoms with Crippen molar-refractivity contribution in [2.45, 2.75) is 26.8 Å². The Hall–Kier alpha value is -3.67. The van der Waals surface area contributed by atoms with E-state index in [2.05, 4.69) is 77.8 Å². The molecule has 6 nitrogen and oxygen atoms in total. The number of hydrogen-bond acceptors (Lipinski definition) is 5. The summed E-state index contributed by atoms with van der Waals surface area (Å²) in [7, 11) is 0. The summed E-state index contributed by atoms with van der Waals surface area (Å²) in [6, 6.07) is 18.4. The number of anilines is 2. The summed E-state index contributed by atoms with van der Waals surface area (Å²) in [5.74, 6) is 1.37. The van der Waals surface area contributed by atoms with Gasteiger partial charge in [0.15, 0.2) is 0 Å². The molecule has 0 aliphatic rings. The van der Waals surface area contributed by atoms with Crippen LogP contribution in [-0.4, -0.2) is 26.1 Å². The number of fused-ring (bicyclic) bond motifs is 1. The van der Waals surface area contributed by atoms with E-state index in [1.54, 1.807) is 12.5 Å². The van der Waals surface area contributed by atoms with Gasteiger partial charge in [-0.25, -0.2) is 9.97 Å². The first-order chi connectivity index (χ1) is 14.6. The second-order valence-electron chi connectivity index (χ2n) is 7.50. The van der Waals surface area contributed by atoms with Gasteiger partial charge in [-0.3, -0.25) is 4.57 Å². The van der Waals surface area contributed by atoms with Crippen molar-refractivity contribution in [2.24, 2.45) is 0 Å². The molecule has 30 heavy (non-hydrogen) atoms. The lowest BCUT2D eigenvalue weighted by Crippen LogP contribution is -2.10. The maximum atomic E-state index is 4.70. The normalized spacial score (nSPS) is 11.8. The summed E-state index contributed by atoms with van der Waals surface area (Å²) in [4.78, 5) is 13.6. The number of rotatable bonds is 7. The van der Waals surface area contributed by atoms with Crippen molar-refractivity contribution < 1.29 is 0 Å². The zero-order chi connectivity index (χ0) is 20.9. The van der Waals surface area contributed by atoms with Crippen molar-refractivity contribution in [2.75, 3.05) is 17.2 Å². The number of nitrogens with zero attached hydrogens (tertiary/aromatic N) is 4. The molecule has 0 aliphatic heterocycles. The van der Waals surface area contributed by atoms with Gasteiger partial charge in [-0.05, 0) is 50.6 Å². The average Bonchev–Trinajstić information content (AvgIpc) is 3.17. The Morgan fingerprint density at radius 3 is 2.70 bits per heavy atom. The van der Waals surface area contributed by atoms with Crippen LogP contribution in [0.25, 0.3) is 16.9 Å². The van der Waals surface area contributed by atoms with Gasteiger partial charge < -0.3 is 10.6 Å². The number of hydrogen-bond donors (Lipinski definition) is 2. The van der Waals surface area contributed by atoms with Crippen LogP contribution in [0.1, 0.15) is 32.4 Å². The van der Waals surface area contributed by atoms with E-state index < -0.39 is 0 Å². The zero-order valence-electron chi connectivity index (χ0n) is 17.5. The van der Waals surface area contributed by atoms with E-state index in [4.69, 9.17) is 4.98 Å². The third kappa shape index (κ3) is 4.49. The minimum Gasteiger partial charge on any atom is -0.382 e. The minimum absolute atomic E-state index is 0.107. The van der Waals surface area contributed by atoms with E-state index in [1.807, 2.05) is 28.8 Å². The first kappa shape index (κ1) is 19.6. The molecule has 1 unspecified atom stereocenters. The molecule has 6 heteroatoms. The molecule has 0 radical (unpaired) electrons. The summed E-state index contributed by atoms with van der Waals surface area (Å²) < 4.78 is 1.98. The monoisotopic (exact) mass is 398 g/mol. The van der Waals surface area contributed by atoms with Crippen molar-refractivity contribution >= 4 is 22.7 Å². The van der Waals surface area contributed by atoms with Crippen LogP contribution in [0.2, 0.25) is 0 Å². The molecular weight excluding hydrogens is 372 g/mol. The molecule has 0 spiro atoms. The van der Waals surface area contributed by atoms with Crippen LogP contribution in [0.15, 0.2) is 78.8 Å². The van der Waals surface area contributed by atoms with Crippen LogP contribution in [0.3, 0.4) is 0 Å². The van der Waals surface area contributed by atoms with E-state index >= 15 is 0 Å². The topological polar surface area (TPSA) is 67.7 Å². The largest absolute Gasteiger partial charge is 0.382 e. The maximum absolute atomic E-state index is 4.70. The van der Waals surface area contributed by atoms with Crippen molar-refractivity contribution in [1.82, 2.24) is 19.5 Å². The molecule has 0 aliphatic carbocycles. The van der Waals surface area contributed by atoms with Crippen LogP contribution in [0.4, 0.5) is 11.6 Å². The Labute approximate surface area is 176 Å². The molecule has 0 amide bonds. The highest BCUT2D eigenvalue weighted by Gasteiger charge is 2.10. The summed E-state index contributed by atoms with van der Waals surface area (Å²) in [6.45, 7) is 7.09. The lowest BCUT2D eigenvalue weighted by atomic mass is 10.1. The molecule has 2 aromatic carbocycles. The van der Waals surface area contributed by atoms with Crippen molar-refractivity contribution in [3.8, 4) is 5.82 Å². The van der Waals surface area contributed by atoms with Gasteiger partial charge in [0.25, 0.3) is 0 Å². The van der Waals surface area contributed by atoms with Crippen LogP contribution >= 0.6 is 0 Å². The van der Waals surface area contributed by atoms with Gasteiger partial charge in [0, 0.05) is 18.4 Å². The molecule has 0 fully saturated rings. The van der Waals surface area contributed by atoms with E-state index in [-0.39, 0.29) is 6.04 Å². The molecule has 0 saturated heterocycles. The summed E-state index contributed by atoms with van der Waals surface area (Å²) >= 11 is 0. The lowest BCUT2D eigenvalue weighted by molar-refractivity contribution is 0.854. The molecule has 0 saturated carbocycles. The molecule has 0 bridgehead atoms. The smallest absolute Gasteiger partial charge is 0.225 e. The number of aromatic nitrogens is 4. The third-order valence-electron chi connectivity index (χ3n) is 4.90. The number of benzene rings is 2. The fraction of sp³-hybridized carbons (Fsp3) is 0.208. The summed E-state index contributed by atoms with van der Waals surface area (Å²) in [5.41, 5.74) is 5.45. The molecule has 1 atom stereocenters. The highest BCUT2D eigenvalue weighted by molar-refractivity contribution is 5.81. The Balaban J connectivity index is 1.55. The zero-order valence-corrected chi connectivity index (χ0v) is 17.5.